The van der Waals surface area contributed by atoms with Crippen molar-refractivity contribution in [2.45, 2.75) is 12.5 Å². The van der Waals surface area contributed by atoms with Gasteiger partial charge in [-0.3, -0.25) is 4.90 Å². The van der Waals surface area contributed by atoms with Crippen LogP contribution >= 0.6 is 0 Å². The van der Waals surface area contributed by atoms with Gasteiger partial charge in [-0.15, -0.1) is 0 Å². The van der Waals surface area contributed by atoms with Gasteiger partial charge in [0.2, 0.25) is 0 Å². The molecule has 0 spiro atoms. The zero-order valence-corrected chi connectivity index (χ0v) is 9.47. The zero-order chi connectivity index (χ0) is 11.5. The van der Waals surface area contributed by atoms with E-state index in [4.69, 9.17) is 9.47 Å². The molecule has 1 aromatic carbocycles. The van der Waals surface area contributed by atoms with E-state index in [9.17, 15) is 4.79 Å². The van der Waals surface area contributed by atoms with Gasteiger partial charge in [0.25, 0.3) is 0 Å². The summed E-state index contributed by atoms with van der Waals surface area (Å²) in [5.74, 6) is 0. The number of anilines is 1. The van der Waals surface area contributed by atoms with Crippen LogP contribution < -0.4 is 4.90 Å². The topological polar surface area (TPSA) is 38.8 Å². The third kappa shape index (κ3) is 1.76. The van der Waals surface area contributed by atoms with Crippen molar-refractivity contribution in [3.63, 3.8) is 0 Å². The summed E-state index contributed by atoms with van der Waals surface area (Å²) in [6.45, 7) is 0.627. The van der Waals surface area contributed by atoms with Crippen LogP contribution in [-0.4, -0.2) is 26.9 Å². The minimum atomic E-state index is -0.318. The van der Waals surface area contributed by atoms with Gasteiger partial charge in [-0.1, -0.05) is 18.2 Å². The fourth-order valence-electron chi connectivity index (χ4n) is 2.07. The Hall–Kier alpha value is -1.55. The Kier molecular flexibility index (Phi) is 3.10. The standard InChI is InChI=1S/C12H15NO3/c1-15-11-7-8-13(12(14)16-2)10-6-4-3-5-9(10)11/h3-6,11H,7-8H2,1-2H3. The van der Waals surface area contributed by atoms with Gasteiger partial charge in [0.05, 0.1) is 18.9 Å². The van der Waals surface area contributed by atoms with E-state index < -0.39 is 0 Å². The maximum Gasteiger partial charge on any atom is 0.414 e. The number of fused-ring (bicyclic) bond motifs is 1. The van der Waals surface area contributed by atoms with Crippen LogP contribution in [0.25, 0.3) is 0 Å². The van der Waals surface area contributed by atoms with Crippen molar-refractivity contribution in [2.24, 2.45) is 0 Å². The van der Waals surface area contributed by atoms with Gasteiger partial charge in [0.15, 0.2) is 0 Å². The lowest BCUT2D eigenvalue weighted by Gasteiger charge is -2.32. The molecule has 0 radical (unpaired) electrons. The molecule has 0 aromatic heterocycles. The monoisotopic (exact) mass is 221 g/mol. The second kappa shape index (κ2) is 4.53. The van der Waals surface area contributed by atoms with Crippen molar-refractivity contribution < 1.29 is 14.3 Å². The zero-order valence-electron chi connectivity index (χ0n) is 9.47. The summed E-state index contributed by atoms with van der Waals surface area (Å²) >= 11 is 0. The van der Waals surface area contributed by atoms with E-state index in [0.717, 1.165) is 17.7 Å². The second-order valence-electron chi connectivity index (χ2n) is 3.69. The number of amides is 1. The van der Waals surface area contributed by atoms with Gasteiger partial charge >= 0.3 is 6.09 Å². The molecule has 4 nitrogen and oxygen atoms in total. The molecule has 1 unspecified atom stereocenters. The number of methoxy groups -OCH3 is 2. The Morgan fingerprint density at radius 3 is 2.81 bits per heavy atom. The minimum absolute atomic E-state index is 0.0668. The predicted molar refractivity (Wildman–Crippen MR) is 60.6 cm³/mol. The van der Waals surface area contributed by atoms with Gasteiger partial charge in [-0.05, 0) is 12.5 Å². The van der Waals surface area contributed by atoms with Gasteiger partial charge in [-0.25, -0.2) is 4.79 Å². The highest BCUT2D eigenvalue weighted by molar-refractivity contribution is 5.89. The Morgan fingerprint density at radius 1 is 1.38 bits per heavy atom. The third-order valence-corrected chi connectivity index (χ3v) is 2.87. The second-order valence-corrected chi connectivity index (χ2v) is 3.69. The number of benzene rings is 1. The fourth-order valence-corrected chi connectivity index (χ4v) is 2.07. The maximum atomic E-state index is 11.6. The predicted octanol–water partition coefficient (Wildman–Crippen LogP) is 2.35. The van der Waals surface area contributed by atoms with Gasteiger partial charge in [0.1, 0.15) is 0 Å². The fraction of sp³-hybridized carbons (Fsp3) is 0.417. The van der Waals surface area contributed by atoms with Crippen LogP contribution in [0.5, 0.6) is 0 Å². The number of hydrogen-bond acceptors (Lipinski definition) is 3. The smallest absolute Gasteiger partial charge is 0.414 e. The number of carbonyl (C=O) groups excluding carboxylic acids is 1. The van der Waals surface area contributed by atoms with Crippen LogP contribution in [0.15, 0.2) is 24.3 Å². The number of para-hydroxylation sites is 1. The van der Waals surface area contributed by atoms with Gasteiger partial charge in [0, 0.05) is 19.2 Å². The molecule has 0 saturated carbocycles. The molecule has 1 aliphatic rings. The molecule has 86 valence electrons. The number of carbonyl (C=O) groups is 1. The van der Waals surface area contributed by atoms with Gasteiger partial charge in [-0.2, -0.15) is 0 Å². The highest BCUT2D eigenvalue weighted by Crippen LogP contribution is 2.35. The average molecular weight is 221 g/mol. The molecule has 16 heavy (non-hydrogen) atoms. The molecule has 0 bridgehead atoms. The maximum absolute atomic E-state index is 11.6. The van der Waals surface area contributed by atoms with Crippen LogP contribution in [-0.2, 0) is 9.47 Å². The molecule has 1 amide bonds. The molecule has 0 N–H and O–H groups in total. The van der Waals surface area contributed by atoms with Crippen LogP contribution in [0.1, 0.15) is 18.1 Å². The van der Waals surface area contributed by atoms with E-state index in [0.29, 0.717) is 6.54 Å². The van der Waals surface area contributed by atoms with Crippen molar-refractivity contribution in [3.05, 3.63) is 29.8 Å². The number of ether oxygens (including phenoxy) is 2. The lowest BCUT2D eigenvalue weighted by Crippen LogP contribution is -2.36. The summed E-state index contributed by atoms with van der Waals surface area (Å²) in [5.41, 5.74) is 1.93. The van der Waals surface area contributed by atoms with E-state index in [1.165, 1.54) is 7.11 Å². The molecule has 1 aromatic rings. The molecule has 0 saturated heterocycles. The quantitative estimate of drug-likeness (QED) is 0.730. The summed E-state index contributed by atoms with van der Waals surface area (Å²) in [6, 6.07) is 7.76. The van der Waals surface area contributed by atoms with E-state index in [1.807, 2.05) is 24.3 Å². The molecule has 0 aliphatic carbocycles. The average Bonchev–Trinajstić information content (AvgIpc) is 2.36. The van der Waals surface area contributed by atoms with Crippen LogP contribution in [0.4, 0.5) is 10.5 Å². The highest BCUT2D eigenvalue weighted by Gasteiger charge is 2.28. The first-order valence-corrected chi connectivity index (χ1v) is 5.25. The summed E-state index contributed by atoms with van der Waals surface area (Å²) in [6.07, 6.45) is 0.543. The van der Waals surface area contributed by atoms with Crippen LogP contribution in [0.3, 0.4) is 0 Å². The minimum Gasteiger partial charge on any atom is -0.452 e. The van der Waals surface area contributed by atoms with E-state index in [-0.39, 0.29) is 12.2 Å². The Bertz CT molecular complexity index is 392. The summed E-state index contributed by atoms with van der Waals surface area (Å²) < 4.78 is 10.2. The van der Waals surface area contributed by atoms with Crippen molar-refractivity contribution in [1.82, 2.24) is 0 Å². The Morgan fingerprint density at radius 2 is 2.12 bits per heavy atom. The normalized spacial score (nSPS) is 19.1. The van der Waals surface area contributed by atoms with Crippen molar-refractivity contribution in [1.29, 1.82) is 0 Å². The Labute approximate surface area is 94.8 Å². The lowest BCUT2D eigenvalue weighted by atomic mass is 9.99. The van der Waals surface area contributed by atoms with Crippen molar-refractivity contribution in [2.75, 3.05) is 25.7 Å². The first-order valence-electron chi connectivity index (χ1n) is 5.25. The summed E-state index contributed by atoms with van der Waals surface area (Å²) in [5, 5.41) is 0. The Balaban J connectivity index is 2.38. The molecular weight excluding hydrogens is 206 g/mol. The van der Waals surface area contributed by atoms with E-state index >= 15 is 0 Å². The molecule has 1 atom stereocenters. The number of hydrogen-bond donors (Lipinski definition) is 0. The molecular formula is C12H15NO3. The molecule has 4 heteroatoms. The van der Waals surface area contributed by atoms with Crippen LogP contribution in [0.2, 0.25) is 0 Å². The van der Waals surface area contributed by atoms with E-state index in [2.05, 4.69) is 0 Å². The number of rotatable bonds is 1. The molecule has 1 heterocycles. The van der Waals surface area contributed by atoms with Crippen molar-refractivity contribution in [3.8, 4) is 0 Å². The lowest BCUT2D eigenvalue weighted by molar-refractivity contribution is 0.0927. The third-order valence-electron chi connectivity index (χ3n) is 2.87. The first kappa shape index (κ1) is 11.0. The van der Waals surface area contributed by atoms with Crippen molar-refractivity contribution >= 4 is 11.8 Å². The summed E-state index contributed by atoms with van der Waals surface area (Å²) in [4.78, 5) is 13.2. The largest absolute Gasteiger partial charge is 0.452 e. The van der Waals surface area contributed by atoms with Crippen LogP contribution in [0, 0.1) is 0 Å². The first-order chi connectivity index (χ1) is 7.77. The van der Waals surface area contributed by atoms with Gasteiger partial charge < -0.3 is 9.47 Å². The number of nitrogens with zero attached hydrogens (tertiary/aromatic N) is 1. The van der Waals surface area contributed by atoms with E-state index in [1.54, 1.807) is 12.0 Å². The highest BCUT2D eigenvalue weighted by atomic mass is 16.5. The SMILES string of the molecule is COC(=O)N1CCC(OC)c2ccccc21. The summed E-state index contributed by atoms with van der Waals surface area (Å²) in [7, 11) is 3.09. The molecule has 2 rings (SSSR count). The molecule has 1 aliphatic heterocycles. The molecule has 0 fully saturated rings.